The molecule has 2 unspecified atom stereocenters. The van der Waals surface area contributed by atoms with Crippen molar-refractivity contribution < 1.29 is 4.42 Å². The molecule has 1 fully saturated rings. The molecule has 9 aromatic carbocycles. The number of furan rings is 1. The molecule has 5 heterocycles. The number of fused-ring (bicyclic) bond motifs is 15. The summed E-state index contributed by atoms with van der Waals surface area (Å²) in [5.74, 6) is 0. The van der Waals surface area contributed by atoms with E-state index in [9.17, 15) is 0 Å². The number of anilines is 8. The van der Waals surface area contributed by atoms with E-state index in [1.807, 2.05) is 11.3 Å². The van der Waals surface area contributed by atoms with Crippen LogP contribution in [0.3, 0.4) is 0 Å². The van der Waals surface area contributed by atoms with Gasteiger partial charge in [0.25, 0.3) is 6.71 Å². The summed E-state index contributed by atoms with van der Waals surface area (Å²) >= 11 is 1.92. The van der Waals surface area contributed by atoms with E-state index in [-0.39, 0.29) is 44.7 Å². The summed E-state index contributed by atoms with van der Waals surface area (Å²) in [5, 5.41) is 4.92. The summed E-state index contributed by atoms with van der Waals surface area (Å²) in [4.78, 5) is 8.35. The van der Waals surface area contributed by atoms with Crippen LogP contribution in [0.15, 0.2) is 168 Å². The lowest BCUT2D eigenvalue weighted by atomic mass is 9.32. The Balaban J connectivity index is 1.03. The van der Waals surface area contributed by atoms with Gasteiger partial charge in [0.15, 0.2) is 5.58 Å². The summed E-state index contributed by atoms with van der Waals surface area (Å²) in [6.07, 6.45) is 9.19. The average molecular weight is 1170 g/mol. The topological polar surface area (TPSA) is 22.9 Å². The Morgan fingerprint density at radius 1 is 0.432 bits per heavy atom. The van der Waals surface area contributed by atoms with Crippen LogP contribution in [0, 0.1) is 0 Å². The molecule has 17 rings (SSSR count). The molecule has 3 aliphatic heterocycles. The lowest BCUT2D eigenvalue weighted by Gasteiger charge is -2.51. The van der Waals surface area contributed by atoms with Gasteiger partial charge in [0.2, 0.25) is 0 Å². The summed E-state index contributed by atoms with van der Waals surface area (Å²) in [7, 11) is 0. The molecular formula is C82H82BN3OS. The predicted molar refractivity (Wildman–Crippen MR) is 378 cm³/mol. The lowest BCUT2D eigenvalue weighted by Crippen LogP contribution is -2.62. The molecule has 3 aliphatic carbocycles. The first-order chi connectivity index (χ1) is 42.0. The minimum absolute atomic E-state index is 0.00936. The molecule has 2 aromatic heterocycles. The molecule has 88 heavy (non-hydrogen) atoms. The maximum Gasteiger partial charge on any atom is 0.252 e. The van der Waals surface area contributed by atoms with E-state index in [2.05, 4.69) is 269 Å². The summed E-state index contributed by atoms with van der Waals surface area (Å²) in [6.45, 7) is 32.2. The van der Waals surface area contributed by atoms with Gasteiger partial charge in [0, 0.05) is 70.5 Å². The largest absolute Gasteiger partial charge is 0.454 e. The summed E-state index contributed by atoms with van der Waals surface area (Å²) < 4.78 is 9.90. The van der Waals surface area contributed by atoms with E-state index < -0.39 is 0 Å². The van der Waals surface area contributed by atoms with E-state index >= 15 is 0 Å². The van der Waals surface area contributed by atoms with Crippen LogP contribution in [0.1, 0.15) is 175 Å². The number of hydrogen-bond donors (Lipinski definition) is 0. The third-order valence-corrected chi connectivity index (χ3v) is 24.8. The van der Waals surface area contributed by atoms with E-state index in [1.165, 1.54) is 134 Å². The van der Waals surface area contributed by atoms with E-state index in [0.717, 1.165) is 66.2 Å². The first-order valence-corrected chi connectivity index (χ1v) is 33.8. The maximum absolute atomic E-state index is 7.27. The van der Waals surface area contributed by atoms with Crippen LogP contribution in [0.4, 0.5) is 45.5 Å². The fourth-order valence-corrected chi connectivity index (χ4v) is 19.2. The summed E-state index contributed by atoms with van der Waals surface area (Å²) in [6, 6.07) is 65.0. The Morgan fingerprint density at radius 2 is 0.966 bits per heavy atom. The molecular weight excluding hydrogens is 1090 g/mol. The molecule has 0 N–H and O–H groups in total. The van der Waals surface area contributed by atoms with Crippen molar-refractivity contribution in [1.29, 1.82) is 0 Å². The fourth-order valence-electron chi connectivity index (χ4n) is 18.1. The van der Waals surface area contributed by atoms with Crippen LogP contribution in [0.2, 0.25) is 0 Å². The van der Waals surface area contributed by atoms with Crippen molar-refractivity contribution in [3.8, 4) is 11.1 Å². The van der Waals surface area contributed by atoms with Crippen molar-refractivity contribution in [2.75, 3.05) is 14.7 Å². The van der Waals surface area contributed by atoms with Gasteiger partial charge in [-0.3, -0.25) is 0 Å². The molecule has 440 valence electrons. The minimum Gasteiger partial charge on any atom is -0.454 e. The van der Waals surface area contributed by atoms with Crippen LogP contribution >= 0.6 is 11.3 Å². The highest BCUT2D eigenvalue weighted by atomic mass is 32.1. The minimum atomic E-state index is -0.233. The van der Waals surface area contributed by atoms with Crippen LogP contribution in [0.5, 0.6) is 0 Å². The Bertz CT molecular complexity index is 4810. The molecule has 0 saturated heterocycles. The monoisotopic (exact) mass is 1170 g/mol. The van der Waals surface area contributed by atoms with Gasteiger partial charge < -0.3 is 19.1 Å². The second-order valence-corrected chi connectivity index (χ2v) is 32.7. The quantitative estimate of drug-likeness (QED) is 0.164. The highest BCUT2D eigenvalue weighted by Crippen LogP contribution is 2.63. The molecule has 6 heteroatoms. The number of benzene rings is 9. The Hall–Kier alpha value is -7.54. The Kier molecular flexibility index (Phi) is 11.2. The fraction of sp³-hybridized carbons (Fsp3) is 0.341. The van der Waals surface area contributed by atoms with E-state index in [1.54, 1.807) is 0 Å². The molecule has 6 aliphatic rings. The molecule has 2 atom stereocenters. The number of rotatable bonds is 4. The van der Waals surface area contributed by atoms with Gasteiger partial charge >= 0.3 is 0 Å². The molecule has 0 radical (unpaired) electrons. The van der Waals surface area contributed by atoms with E-state index in [0.29, 0.717) is 0 Å². The third kappa shape index (κ3) is 7.45. The predicted octanol–water partition coefficient (Wildman–Crippen LogP) is 21.4. The van der Waals surface area contributed by atoms with Crippen LogP contribution in [0.25, 0.3) is 53.2 Å². The van der Waals surface area contributed by atoms with E-state index in [4.69, 9.17) is 4.42 Å². The average Bonchev–Trinajstić information content (AvgIpc) is 1.13. The zero-order chi connectivity index (χ0) is 60.6. The number of hydrogen-bond acceptors (Lipinski definition) is 5. The van der Waals surface area contributed by atoms with Gasteiger partial charge in [-0.1, -0.05) is 193 Å². The molecule has 1 saturated carbocycles. The molecule has 4 nitrogen and oxygen atoms in total. The maximum atomic E-state index is 7.27. The zero-order valence-corrected chi connectivity index (χ0v) is 54.8. The van der Waals surface area contributed by atoms with Crippen molar-refractivity contribution in [2.45, 2.75) is 179 Å². The molecule has 0 spiro atoms. The van der Waals surface area contributed by atoms with Gasteiger partial charge in [-0.25, -0.2) is 0 Å². The van der Waals surface area contributed by atoms with Crippen LogP contribution in [-0.2, 0) is 32.5 Å². The van der Waals surface area contributed by atoms with Crippen molar-refractivity contribution in [3.05, 3.63) is 197 Å². The lowest BCUT2D eigenvalue weighted by molar-refractivity contribution is 0.195. The number of nitrogens with zero attached hydrogens (tertiary/aromatic N) is 3. The molecule has 0 bridgehead atoms. The molecule has 11 aromatic rings. The van der Waals surface area contributed by atoms with Crippen LogP contribution < -0.4 is 31.1 Å². The first kappa shape index (κ1) is 54.6. The highest BCUT2D eigenvalue weighted by molar-refractivity contribution is 7.26. The second-order valence-electron chi connectivity index (χ2n) is 31.7. The molecule has 0 amide bonds. The van der Waals surface area contributed by atoms with Gasteiger partial charge in [0.05, 0.1) is 16.9 Å². The van der Waals surface area contributed by atoms with Gasteiger partial charge in [-0.05, 0) is 200 Å². The normalized spacial score (nSPS) is 21.7. The first-order valence-electron chi connectivity index (χ1n) is 33.0. The second kappa shape index (κ2) is 18.1. The van der Waals surface area contributed by atoms with Crippen LogP contribution in [-0.4, -0.2) is 12.3 Å². The number of para-hydroxylation sites is 2. The Labute approximate surface area is 525 Å². The number of thiophene rings is 1. The van der Waals surface area contributed by atoms with Crippen molar-refractivity contribution in [2.24, 2.45) is 0 Å². The standard InChI is InChI=1S/C82H82BN3OS/c1-76(2,3)51-33-30-49(31-34-51)50-32-35-63-60(42-50)81(12)36-18-19-37-82(81,13)86(63)52-43-68-74-69(44-52)85(65-26-20-24-54-53-22-14-16-27-70(53)87-75(54)65)67-48-59-57(78(6,7)39-41-80(59,10)11)46-62(67)83(74)61-45-56-58(79(8,9)40-38-77(56,4)5)47-66(61)84(68)64-25-21-29-72-73(64)55-23-15-17-28-71(55)88-72/h14-17,20-35,42-48H,18-19,36-41H2,1-13H3. The third-order valence-electron chi connectivity index (χ3n) is 23.7. The van der Waals surface area contributed by atoms with Gasteiger partial charge in [-0.2, -0.15) is 0 Å². The smallest absolute Gasteiger partial charge is 0.252 e. The van der Waals surface area contributed by atoms with Crippen molar-refractivity contribution >= 4 is 122 Å². The summed E-state index contributed by atoms with van der Waals surface area (Å²) in [5.41, 5.74) is 26.9. The van der Waals surface area contributed by atoms with Gasteiger partial charge in [-0.15, -0.1) is 11.3 Å². The van der Waals surface area contributed by atoms with Crippen molar-refractivity contribution in [1.82, 2.24) is 0 Å². The van der Waals surface area contributed by atoms with Crippen molar-refractivity contribution in [3.63, 3.8) is 0 Å². The Morgan fingerprint density at radius 3 is 1.61 bits per heavy atom. The SMILES string of the molecule is CC(C)(C)c1ccc(-c2ccc3c(c2)C2(C)CCCCC2(C)N3c2cc3c4c(c2)N(c2cccc5sc6ccccc6c25)c2cc5c(cc2B4c2cc4c(cc2N3c2cccc3c2oc2ccccc23)C(C)(C)CCC4(C)C)C(C)(C)CCC5(C)C)cc1. The highest BCUT2D eigenvalue weighted by Gasteiger charge is 2.59. The zero-order valence-electron chi connectivity index (χ0n) is 54.0. The van der Waals surface area contributed by atoms with Gasteiger partial charge in [0.1, 0.15) is 5.58 Å².